The number of hydrogen-bond donors (Lipinski definition) is 1. The number of nitrogens with zero attached hydrogens (tertiary/aromatic N) is 4. The number of tetrazole rings is 1. The largest absolute Gasteiger partial charge is 0.376 e. The average Bonchev–Trinajstić information content (AvgIpc) is 3.17. The first-order valence-electron chi connectivity index (χ1n) is 8.61. The van der Waals surface area contributed by atoms with E-state index in [2.05, 4.69) is 20.8 Å². The quantitative estimate of drug-likeness (QED) is 0.876. The Morgan fingerprint density at radius 2 is 2.17 bits per heavy atom. The molecule has 0 spiro atoms. The van der Waals surface area contributed by atoms with Crippen molar-refractivity contribution in [2.45, 2.75) is 25.9 Å². The van der Waals surface area contributed by atoms with Gasteiger partial charge in [-0.2, -0.15) is 4.68 Å². The third-order valence-corrected chi connectivity index (χ3v) is 5.18. The van der Waals surface area contributed by atoms with Crippen LogP contribution in [0.25, 0.3) is 5.69 Å². The van der Waals surface area contributed by atoms with Gasteiger partial charge in [-0.05, 0) is 78.2 Å². The first-order chi connectivity index (χ1) is 11.8. The van der Waals surface area contributed by atoms with Crippen molar-refractivity contribution >= 4 is 0 Å². The second-order valence-corrected chi connectivity index (χ2v) is 6.80. The summed E-state index contributed by atoms with van der Waals surface area (Å²) in [6.07, 6.45) is 5.26. The highest BCUT2D eigenvalue weighted by Gasteiger charge is 2.42. The van der Waals surface area contributed by atoms with Crippen molar-refractivity contribution in [3.63, 3.8) is 0 Å². The maximum Gasteiger partial charge on any atom is 0.149 e. The van der Waals surface area contributed by atoms with E-state index in [1.807, 2.05) is 6.07 Å². The fourth-order valence-corrected chi connectivity index (χ4v) is 3.74. The maximum absolute atomic E-state index is 14.1. The summed E-state index contributed by atoms with van der Waals surface area (Å²) in [5.41, 5.74) is 1.18. The van der Waals surface area contributed by atoms with Crippen LogP contribution in [0.5, 0.6) is 0 Å². The summed E-state index contributed by atoms with van der Waals surface area (Å²) in [6, 6.07) is 5.03. The molecule has 1 aliphatic heterocycles. The van der Waals surface area contributed by atoms with Gasteiger partial charge >= 0.3 is 0 Å². The summed E-state index contributed by atoms with van der Waals surface area (Å²) >= 11 is 0. The highest BCUT2D eigenvalue weighted by Crippen LogP contribution is 2.47. The average molecular weight is 331 g/mol. The van der Waals surface area contributed by atoms with E-state index in [0.29, 0.717) is 18.2 Å². The van der Waals surface area contributed by atoms with Crippen LogP contribution in [0, 0.1) is 23.6 Å². The fourth-order valence-electron chi connectivity index (χ4n) is 3.74. The molecule has 2 heterocycles. The van der Waals surface area contributed by atoms with Gasteiger partial charge in [0, 0.05) is 0 Å². The predicted molar refractivity (Wildman–Crippen MR) is 86.0 cm³/mol. The van der Waals surface area contributed by atoms with E-state index < -0.39 is 0 Å². The molecule has 7 heteroatoms. The van der Waals surface area contributed by atoms with E-state index >= 15 is 0 Å². The van der Waals surface area contributed by atoms with Crippen LogP contribution in [0.1, 0.15) is 24.8 Å². The van der Waals surface area contributed by atoms with E-state index in [1.54, 1.807) is 6.07 Å². The van der Waals surface area contributed by atoms with Crippen molar-refractivity contribution in [3.05, 3.63) is 35.9 Å². The van der Waals surface area contributed by atoms with Crippen molar-refractivity contribution in [1.29, 1.82) is 0 Å². The predicted octanol–water partition coefficient (Wildman–Crippen LogP) is 1.95. The van der Waals surface area contributed by atoms with Crippen molar-refractivity contribution < 1.29 is 9.13 Å². The molecule has 1 N–H and O–H groups in total. The molecule has 128 valence electrons. The van der Waals surface area contributed by atoms with Crippen LogP contribution in [0.3, 0.4) is 0 Å². The van der Waals surface area contributed by atoms with Gasteiger partial charge in [-0.1, -0.05) is 6.07 Å². The van der Waals surface area contributed by atoms with E-state index in [9.17, 15) is 4.39 Å². The summed E-state index contributed by atoms with van der Waals surface area (Å²) in [5.74, 6) is 2.06. The zero-order chi connectivity index (χ0) is 16.4. The third-order valence-electron chi connectivity index (χ3n) is 5.18. The lowest BCUT2D eigenvalue weighted by atomic mass is 9.92. The number of halogens is 1. The molecule has 4 rings (SSSR count). The third kappa shape index (κ3) is 3.47. The SMILES string of the molecule is Fc1cc(COCC2CC2C2CCNCC2)ccc1-n1cnnn1. The highest BCUT2D eigenvalue weighted by atomic mass is 19.1. The number of piperidine rings is 1. The molecule has 1 aromatic heterocycles. The van der Waals surface area contributed by atoms with Gasteiger partial charge < -0.3 is 10.1 Å². The molecule has 2 aliphatic rings. The molecule has 0 amide bonds. The number of ether oxygens (including phenoxy) is 1. The van der Waals surface area contributed by atoms with Crippen LogP contribution >= 0.6 is 0 Å². The molecule has 1 aromatic carbocycles. The molecule has 0 bridgehead atoms. The minimum absolute atomic E-state index is 0.344. The topological polar surface area (TPSA) is 64.9 Å². The Morgan fingerprint density at radius 1 is 1.29 bits per heavy atom. The van der Waals surface area contributed by atoms with Crippen molar-refractivity contribution in [2.24, 2.45) is 17.8 Å². The molecule has 2 fully saturated rings. The second-order valence-electron chi connectivity index (χ2n) is 6.80. The lowest BCUT2D eigenvalue weighted by molar-refractivity contribution is 0.103. The normalized spacial score (nSPS) is 24.2. The standard InChI is InChI=1S/C17H22FN5O/c18-16-7-12(1-2-17(16)23-11-20-21-22-23)9-24-10-14-8-15(14)13-3-5-19-6-4-13/h1-2,7,11,13-15,19H,3-6,8-10H2. The molecule has 1 aliphatic carbocycles. The first kappa shape index (κ1) is 15.7. The van der Waals surface area contributed by atoms with Gasteiger partial charge in [0.1, 0.15) is 17.8 Å². The molecule has 0 radical (unpaired) electrons. The second kappa shape index (κ2) is 6.94. The van der Waals surface area contributed by atoms with Crippen LogP contribution < -0.4 is 5.32 Å². The van der Waals surface area contributed by atoms with Crippen LogP contribution in [0.2, 0.25) is 0 Å². The highest BCUT2D eigenvalue weighted by molar-refractivity contribution is 5.34. The van der Waals surface area contributed by atoms with Crippen molar-refractivity contribution in [1.82, 2.24) is 25.5 Å². The number of benzene rings is 1. The Bertz CT molecular complexity index is 672. The van der Waals surface area contributed by atoms with Gasteiger partial charge in [-0.25, -0.2) is 4.39 Å². The minimum atomic E-state index is -0.345. The number of hydrogen-bond acceptors (Lipinski definition) is 5. The Balaban J connectivity index is 1.26. The van der Waals surface area contributed by atoms with Gasteiger partial charge in [0.15, 0.2) is 0 Å². The smallest absolute Gasteiger partial charge is 0.149 e. The first-order valence-corrected chi connectivity index (χ1v) is 8.61. The van der Waals surface area contributed by atoms with Gasteiger partial charge in [-0.15, -0.1) is 5.10 Å². The van der Waals surface area contributed by atoms with Gasteiger partial charge in [0.2, 0.25) is 0 Å². The van der Waals surface area contributed by atoms with E-state index in [-0.39, 0.29) is 5.82 Å². The number of nitrogens with one attached hydrogen (secondary N) is 1. The Kier molecular flexibility index (Phi) is 4.53. The monoisotopic (exact) mass is 331 g/mol. The zero-order valence-electron chi connectivity index (χ0n) is 13.6. The lowest BCUT2D eigenvalue weighted by Gasteiger charge is -2.22. The summed E-state index contributed by atoms with van der Waals surface area (Å²) in [4.78, 5) is 0. The molecule has 1 saturated carbocycles. The molecule has 2 atom stereocenters. The van der Waals surface area contributed by atoms with Crippen LogP contribution in [-0.4, -0.2) is 39.9 Å². The molecule has 2 aromatic rings. The van der Waals surface area contributed by atoms with Crippen LogP contribution in [0.4, 0.5) is 4.39 Å². The molecular formula is C17H22FN5O. The summed E-state index contributed by atoms with van der Waals surface area (Å²) < 4.78 is 21.3. The number of aromatic nitrogens is 4. The molecule has 1 saturated heterocycles. The lowest BCUT2D eigenvalue weighted by Crippen LogP contribution is -2.29. The van der Waals surface area contributed by atoms with Gasteiger partial charge in [0.25, 0.3) is 0 Å². The van der Waals surface area contributed by atoms with Gasteiger partial charge in [0.05, 0.1) is 13.2 Å². The van der Waals surface area contributed by atoms with Gasteiger partial charge in [-0.3, -0.25) is 0 Å². The fraction of sp³-hybridized carbons (Fsp3) is 0.588. The van der Waals surface area contributed by atoms with E-state index in [0.717, 1.165) is 37.1 Å². The van der Waals surface area contributed by atoms with Crippen molar-refractivity contribution in [2.75, 3.05) is 19.7 Å². The zero-order valence-corrected chi connectivity index (χ0v) is 13.6. The summed E-state index contributed by atoms with van der Waals surface area (Å²) in [7, 11) is 0. The van der Waals surface area contributed by atoms with E-state index in [4.69, 9.17) is 4.74 Å². The summed E-state index contributed by atoms with van der Waals surface area (Å²) in [6.45, 7) is 3.54. The summed E-state index contributed by atoms with van der Waals surface area (Å²) in [5, 5.41) is 14.2. The van der Waals surface area contributed by atoms with Crippen molar-refractivity contribution in [3.8, 4) is 5.69 Å². The molecule has 6 nitrogen and oxygen atoms in total. The molecule has 2 unspecified atom stereocenters. The molecular weight excluding hydrogens is 309 g/mol. The Labute approximate surface area is 140 Å². The Hall–Kier alpha value is -1.86. The van der Waals surface area contributed by atoms with Crippen LogP contribution in [-0.2, 0) is 11.3 Å². The molecule has 24 heavy (non-hydrogen) atoms. The Morgan fingerprint density at radius 3 is 2.92 bits per heavy atom. The van der Waals surface area contributed by atoms with Crippen LogP contribution in [0.15, 0.2) is 24.5 Å². The maximum atomic E-state index is 14.1. The minimum Gasteiger partial charge on any atom is -0.376 e. The van der Waals surface area contributed by atoms with E-state index in [1.165, 1.54) is 36.3 Å². The number of rotatable bonds is 6.